The number of fused-ring (bicyclic) bond motifs is 2. The SMILES string of the molecule is O=c1cc2c(nn1CC1CN(c3cc4c(nn3)CCCC4)C1)CCC2. The maximum atomic E-state index is 12.2. The summed E-state index contributed by atoms with van der Waals surface area (Å²) in [6, 6.07) is 4.01. The highest BCUT2D eigenvalue weighted by molar-refractivity contribution is 5.44. The number of hydrogen-bond donors (Lipinski definition) is 0. The third-order valence-electron chi connectivity index (χ3n) is 5.79. The maximum absolute atomic E-state index is 12.2. The molecule has 3 heterocycles. The van der Waals surface area contributed by atoms with E-state index in [4.69, 9.17) is 0 Å². The van der Waals surface area contributed by atoms with Crippen LogP contribution in [0.25, 0.3) is 0 Å². The number of aryl methyl sites for hydroxylation is 4. The van der Waals surface area contributed by atoms with Gasteiger partial charge in [-0.1, -0.05) is 0 Å². The Morgan fingerprint density at radius 3 is 2.60 bits per heavy atom. The molecule has 5 rings (SSSR count). The molecule has 3 aliphatic rings. The van der Waals surface area contributed by atoms with E-state index in [1.807, 2.05) is 0 Å². The smallest absolute Gasteiger partial charge is 0.267 e. The summed E-state index contributed by atoms with van der Waals surface area (Å²) < 4.78 is 1.67. The number of aromatic nitrogens is 4. The molecule has 1 aliphatic heterocycles. The van der Waals surface area contributed by atoms with Crippen LogP contribution in [0.3, 0.4) is 0 Å². The maximum Gasteiger partial charge on any atom is 0.267 e. The van der Waals surface area contributed by atoms with Crippen LogP contribution < -0.4 is 10.5 Å². The Bertz CT molecular complexity index is 869. The molecule has 0 amide bonds. The molecule has 0 unspecified atom stereocenters. The van der Waals surface area contributed by atoms with Gasteiger partial charge in [-0.3, -0.25) is 4.79 Å². The van der Waals surface area contributed by atoms with Crippen LogP contribution in [0.2, 0.25) is 0 Å². The number of hydrogen-bond acceptors (Lipinski definition) is 5. The van der Waals surface area contributed by atoms with Crippen molar-refractivity contribution in [1.29, 1.82) is 0 Å². The first kappa shape index (κ1) is 15.0. The molecule has 1 saturated heterocycles. The second kappa shape index (κ2) is 5.93. The second-order valence-corrected chi connectivity index (χ2v) is 7.64. The summed E-state index contributed by atoms with van der Waals surface area (Å²) in [7, 11) is 0. The van der Waals surface area contributed by atoms with Gasteiger partial charge < -0.3 is 4.90 Å². The molecule has 0 radical (unpaired) electrons. The van der Waals surface area contributed by atoms with Crippen molar-refractivity contribution in [3.8, 4) is 0 Å². The van der Waals surface area contributed by atoms with Gasteiger partial charge in [-0.25, -0.2) is 4.68 Å². The zero-order chi connectivity index (χ0) is 16.8. The molecule has 0 spiro atoms. The van der Waals surface area contributed by atoms with Crippen LogP contribution >= 0.6 is 0 Å². The first-order valence-corrected chi connectivity index (χ1v) is 9.46. The van der Waals surface area contributed by atoms with Crippen molar-refractivity contribution >= 4 is 5.82 Å². The molecule has 6 nitrogen and oxygen atoms in total. The molecule has 25 heavy (non-hydrogen) atoms. The van der Waals surface area contributed by atoms with Gasteiger partial charge >= 0.3 is 0 Å². The van der Waals surface area contributed by atoms with E-state index in [2.05, 4.69) is 26.3 Å². The third kappa shape index (κ3) is 2.73. The highest BCUT2D eigenvalue weighted by Crippen LogP contribution is 2.27. The van der Waals surface area contributed by atoms with E-state index in [-0.39, 0.29) is 5.56 Å². The Balaban J connectivity index is 1.26. The molecule has 6 heteroatoms. The van der Waals surface area contributed by atoms with E-state index in [0.29, 0.717) is 12.5 Å². The molecule has 0 atom stereocenters. The van der Waals surface area contributed by atoms with Crippen LogP contribution in [0.4, 0.5) is 5.82 Å². The van der Waals surface area contributed by atoms with E-state index >= 15 is 0 Å². The fourth-order valence-electron chi connectivity index (χ4n) is 4.32. The van der Waals surface area contributed by atoms with Crippen molar-refractivity contribution in [2.45, 2.75) is 51.5 Å². The van der Waals surface area contributed by atoms with Crippen molar-refractivity contribution in [3.05, 3.63) is 45.0 Å². The van der Waals surface area contributed by atoms with Crippen LogP contribution in [-0.4, -0.2) is 33.1 Å². The highest BCUT2D eigenvalue weighted by Gasteiger charge is 2.30. The van der Waals surface area contributed by atoms with Crippen molar-refractivity contribution in [3.63, 3.8) is 0 Å². The minimum atomic E-state index is 0.0488. The molecule has 130 valence electrons. The van der Waals surface area contributed by atoms with Crippen LogP contribution in [0.15, 0.2) is 16.9 Å². The van der Waals surface area contributed by atoms with E-state index in [1.54, 1.807) is 10.7 Å². The quantitative estimate of drug-likeness (QED) is 0.850. The van der Waals surface area contributed by atoms with Gasteiger partial charge in [0.1, 0.15) is 0 Å². The summed E-state index contributed by atoms with van der Waals surface area (Å²) >= 11 is 0. The number of anilines is 1. The normalized spacial score (nSPS) is 19.4. The average molecular weight is 337 g/mol. The molecule has 1 fully saturated rings. The van der Waals surface area contributed by atoms with Crippen molar-refractivity contribution in [2.75, 3.05) is 18.0 Å². The molecular weight excluding hydrogens is 314 g/mol. The minimum absolute atomic E-state index is 0.0488. The van der Waals surface area contributed by atoms with E-state index in [0.717, 1.165) is 62.3 Å². The van der Waals surface area contributed by atoms with Crippen molar-refractivity contribution < 1.29 is 0 Å². The van der Waals surface area contributed by atoms with Gasteiger partial charge in [0.25, 0.3) is 5.56 Å². The lowest BCUT2D eigenvalue weighted by Gasteiger charge is -2.40. The number of nitrogens with zero attached hydrogens (tertiary/aromatic N) is 5. The summed E-state index contributed by atoms with van der Waals surface area (Å²) in [5.74, 6) is 1.45. The van der Waals surface area contributed by atoms with Gasteiger partial charge in [0.15, 0.2) is 5.82 Å². The fraction of sp³-hybridized carbons (Fsp3) is 0.579. The van der Waals surface area contributed by atoms with E-state index in [9.17, 15) is 4.79 Å². The summed E-state index contributed by atoms with van der Waals surface area (Å²) in [5, 5.41) is 13.4. The van der Waals surface area contributed by atoms with Crippen molar-refractivity contribution in [1.82, 2.24) is 20.0 Å². The zero-order valence-corrected chi connectivity index (χ0v) is 14.4. The summed E-state index contributed by atoms with van der Waals surface area (Å²) in [4.78, 5) is 14.5. The van der Waals surface area contributed by atoms with Crippen LogP contribution in [0.5, 0.6) is 0 Å². The predicted molar refractivity (Wildman–Crippen MR) is 94.9 cm³/mol. The Morgan fingerprint density at radius 1 is 0.920 bits per heavy atom. The van der Waals surface area contributed by atoms with Gasteiger partial charge in [-0.2, -0.15) is 10.2 Å². The summed E-state index contributed by atoms with van der Waals surface area (Å²) in [6.07, 6.45) is 7.83. The molecule has 2 aliphatic carbocycles. The molecule has 0 aromatic carbocycles. The Morgan fingerprint density at radius 2 is 1.68 bits per heavy atom. The predicted octanol–water partition coefficient (Wildman–Crippen LogP) is 1.54. The van der Waals surface area contributed by atoms with Gasteiger partial charge in [0.05, 0.1) is 17.9 Å². The molecular formula is C19H23N5O. The van der Waals surface area contributed by atoms with Crippen molar-refractivity contribution in [2.24, 2.45) is 5.92 Å². The monoisotopic (exact) mass is 337 g/mol. The van der Waals surface area contributed by atoms with Gasteiger partial charge in [-0.15, -0.1) is 5.10 Å². The lowest BCUT2D eigenvalue weighted by atomic mass is 9.95. The van der Waals surface area contributed by atoms with Gasteiger partial charge in [-0.05, 0) is 62.1 Å². The van der Waals surface area contributed by atoms with Crippen LogP contribution in [-0.2, 0) is 32.2 Å². The Labute approximate surface area is 146 Å². The lowest BCUT2D eigenvalue weighted by Crippen LogP contribution is -2.50. The highest BCUT2D eigenvalue weighted by atomic mass is 16.1. The molecule has 0 bridgehead atoms. The zero-order valence-electron chi connectivity index (χ0n) is 14.4. The average Bonchev–Trinajstić information content (AvgIpc) is 3.04. The fourth-order valence-corrected chi connectivity index (χ4v) is 4.32. The van der Waals surface area contributed by atoms with Gasteiger partial charge in [0.2, 0.25) is 0 Å². The topological polar surface area (TPSA) is 63.9 Å². The third-order valence-corrected chi connectivity index (χ3v) is 5.79. The number of rotatable bonds is 3. The molecule has 0 N–H and O–H groups in total. The standard InChI is InChI=1S/C19H23N5O/c25-19-9-15-5-3-7-17(15)22-24(19)12-13-10-23(11-13)18-8-14-4-1-2-6-16(14)20-21-18/h8-9,13H,1-7,10-12H2. The summed E-state index contributed by atoms with van der Waals surface area (Å²) in [6.45, 7) is 2.57. The first-order valence-electron chi connectivity index (χ1n) is 9.46. The first-order chi connectivity index (χ1) is 12.3. The lowest BCUT2D eigenvalue weighted by molar-refractivity contribution is 0.330. The molecule has 2 aromatic rings. The second-order valence-electron chi connectivity index (χ2n) is 7.64. The molecule has 2 aromatic heterocycles. The van der Waals surface area contributed by atoms with E-state index < -0.39 is 0 Å². The van der Waals surface area contributed by atoms with Crippen LogP contribution in [0, 0.1) is 5.92 Å². The minimum Gasteiger partial charge on any atom is -0.354 e. The molecule has 0 saturated carbocycles. The Hall–Kier alpha value is -2.24. The summed E-state index contributed by atoms with van der Waals surface area (Å²) in [5.41, 5.74) is 4.88. The Kier molecular flexibility index (Phi) is 3.57. The van der Waals surface area contributed by atoms with Crippen LogP contribution in [0.1, 0.15) is 41.8 Å². The van der Waals surface area contributed by atoms with Gasteiger partial charge in [0, 0.05) is 25.1 Å². The van der Waals surface area contributed by atoms with E-state index in [1.165, 1.54) is 24.1 Å². The largest absolute Gasteiger partial charge is 0.354 e.